The van der Waals surface area contributed by atoms with Crippen molar-refractivity contribution in [3.63, 3.8) is 0 Å². The Labute approximate surface area is 291 Å². The smallest absolute Gasteiger partial charge is 0.326 e. The second-order valence-electron chi connectivity index (χ2n) is 13.7. The van der Waals surface area contributed by atoms with Crippen LogP contribution in [0.3, 0.4) is 0 Å². The molecule has 12 heteroatoms. The molecule has 0 bridgehead atoms. The molecule has 0 unspecified atom stereocenters. The normalized spacial score (nSPS) is 12.7. The van der Waals surface area contributed by atoms with E-state index in [4.69, 9.17) is 13.9 Å². The first kappa shape index (κ1) is 37.2. The van der Waals surface area contributed by atoms with Crippen LogP contribution in [0.25, 0.3) is 11.5 Å². The van der Waals surface area contributed by atoms with Crippen molar-refractivity contribution < 1.29 is 38.2 Å². The molecular weight excluding hydrogens is 640 g/mol. The van der Waals surface area contributed by atoms with Crippen LogP contribution >= 0.6 is 0 Å². The molecular formula is C38H44N4O8. The largest absolute Gasteiger partial charge is 0.488 e. The van der Waals surface area contributed by atoms with Gasteiger partial charge in [-0.2, -0.15) is 0 Å². The van der Waals surface area contributed by atoms with Gasteiger partial charge in [0.05, 0.1) is 6.54 Å². The molecule has 4 aromatic rings. The monoisotopic (exact) mass is 684 g/mol. The van der Waals surface area contributed by atoms with Gasteiger partial charge in [0, 0.05) is 18.4 Å². The number of nitrogens with one attached hydrogen (secondary N) is 3. The Morgan fingerprint density at radius 1 is 0.740 bits per heavy atom. The predicted octanol–water partition coefficient (Wildman–Crippen LogP) is 4.97. The molecule has 264 valence electrons. The number of carbonyl (C=O) groups is 4. The van der Waals surface area contributed by atoms with Crippen LogP contribution in [0.5, 0.6) is 11.5 Å². The van der Waals surface area contributed by atoms with Crippen LogP contribution < -0.4 is 25.4 Å². The van der Waals surface area contributed by atoms with Gasteiger partial charge in [0.25, 0.3) is 5.91 Å². The van der Waals surface area contributed by atoms with E-state index in [1.54, 1.807) is 60.7 Å². The number of rotatable bonds is 14. The molecule has 0 aliphatic rings. The highest BCUT2D eigenvalue weighted by Crippen LogP contribution is 2.21. The molecule has 1 aromatic heterocycles. The molecule has 0 spiro atoms. The number of oxazole rings is 1. The van der Waals surface area contributed by atoms with Crippen LogP contribution in [0, 0.1) is 0 Å². The van der Waals surface area contributed by atoms with Crippen molar-refractivity contribution in [1.82, 2.24) is 20.9 Å². The molecule has 0 aliphatic carbocycles. The van der Waals surface area contributed by atoms with Crippen LogP contribution in [0.2, 0.25) is 0 Å². The van der Waals surface area contributed by atoms with Gasteiger partial charge in [0.15, 0.2) is 5.69 Å². The zero-order valence-electron chi connectivity index (χ0n) is 29.1. The topological polar surface area (TPSA) is 169 Å². The highest BCUT2D eigenvalue weighted by molar-refractivity contribution is 5.97. The molecule has 0 saturated carbocycles. The maximum Gasteiger partial charge on any atom is 0.326 e. The van der Waals surface area contributed by atoms with Gasteiger partial charge in [-0.1, -0.05) is 42.5 Å². The van der Waals surface area contributed by atoms with E-state index in [1.807, 2.05) is 59.7 Å². The van der Waals surface area contributed by atoms with E-state index in [0.29, 0.717) is 28.2 Å². The lowest BCUT2D eigenvalue weighted by atomic mass is 10.0. The molecule has 3 amide bonds. The number of aliphatic carboxylic acids is 1. The van der Waals surface area contributed by atoms with Gasteiger partial charge in [-0.25, -0.2) is 9.78 Å². The molecule has 0 aliphatic heterocycles. The van der Waals surface area contributed by atoms with Gasteiger partial charge in [-0.15, -0.1) is 0 Å². The Morgan fingerprint density at radius 3 is 1.76 bits per heavy atom. The van der Waals surface area contributed by atoms with E-state index in [0.717, 1.165) is 0 Å². The Balaban J connectivity index is 1.42. The van der Waals surface area contributed by atoms with Crippen molar-refractivity contribution in [2.75, 3.05) is 6.54 Å². The molecule has 2 atom stereocenters. The molecule has 12 nitrogen and oxygen atoms in total. The quantitative estimate of drug-likeness (QED) is 0.143. The number of nitrogens with zero attached hydrogens (tertiary/aromatic N) is 1. The molecule has 0 radical (unpaired) electrons. The average Bonchev–Trinajstić information content (AvgIpc) is 3.55. The highest BCUT2D eigenvalue weighted by atomic mass is 16.5. The van der Waals surface area contributed by atoms with Gasteiger partial charge in [-0.3, -0.25) is 14.4 Å². The molecule has 4 N–H and O–H groups in total. The van der Waals surface area contributed by atoms with Gasteiger partial charge < -0.3 is 34.9 Å². The molecule has 0 saturated heterocycles. The van der Waals surface area contributed by atoms with Crippen molar-refractivity contribution in [3.8, 4) is 23.0 Å². The first-order valence-electron chi connectivity index (χ1n) is 16.2. The Hall–Kier alpha value is -5.65. The number of carboxylic acid groups (broad SMARTS) is 1. The average molecular weight is 685 g/mol. The molecule has 50 heavy (non-hydrogen) atoms. The summed E-state index contributed by atoms with van der Waals surface area (Å²) in [7, 11) is 0. The van der Waals surface area contributed by atoms with Crippen LogP contribution in [-0.2, 0) is 27.2 Å². The first-order chi connectivity index (χ1) is 23.5. The summed E-state index contributed by atoms with van der Waals surface area (Å²) in [6.07, 6.45) is 1.29. The van der Waals surface area contributed by atoms with E-state index < -0.39 is 47.9 Å². The fraction of sp³-hybridized carbons (Fsp3) is 0.342. The Bertz CT molecular complexity index is 1760. The van der Waals surface area contributed by atoms with Crippen molar-refractivity contribution in [1.29, 1.82) is 0 Å². The zero-order chi connectivity index (χ0) is 36.5. The van der Waals surface area contributed by atoms with Crippen LogP contribution in [0.1, 0.15) is 63.2 Å². The maximum atomic E-state index is 13.4. The summed E-state index contributed by atoms with van der Waals surface area (Å²) in [5.41, 5.74) is 1.24. The third-order valence-electron chi connectivity index (χ3n) is 7.01. The highest BCUT2D eigenvalue weighted by Gasteiger charge is 2.26. The number of hydrogen-bond acceptors (Lipinski definition) is 8. The van der Waals surface area contributed by atoms with E-state index in [9.17, 15) is 24.3 Å². The molecule has 1 heterocycles. The fourth-order valence-electron chi connectivity index (χ4n) is 4.83. The lowest BCUT2D eigenvalue weighted by Crippen LogP contribution is -2.51. The summed E-state index contributed by atoms with van der Waals surface area (Å²) in [6.45, 7) is 11.0. The number of carboxylic acids is 1. The summed E-state index contributed by atoms with van der Waals surface area (Å²) < 4.78 is 17.2. The van der Waals surface area contributed by atoms with Crippen LogP contribution in [-0.4, -0.2) is 63.6 Å². The second-order valence-corrected chi connectivity index (χ2v) is 13.7. The summed E-state index contributed by atoms with van der Waals surface area (Å²) in [5, 5.41) is 17.5. The summed E-state index contributed by atoms with van der Waals surface area (Å²) in [6, 6.07) is 20.7. The number of aromatic nitrogens is 1. The third kappa shape index (κ3) is 11.8. The molecule has 4 rings (SSSR count). The van der Waals surface area contributed by atoms with E-state index in [2.05, 4.69) is 20.9 Å². The van der Waals surface area contributed by atoms with E-state index in [-0.39, 0.29) is 30.0 Å². The lowest BCUT2D eigenvalue weighted by molar-refractivity contribution is -0.141. The predicted molar refractivity (Wildman–Crippen MR) is 187 cm³/mol. The first-order valence-corrected chi connectivity index (χ1v) is 16.2. The van der Waals surface area contributed by atoms with E-state index in [1.165, 1.54) is 6.26 Å². The standard InChI is InChI=1S/C38H44N4O8/c1-37(2,3)49-27-16-12-24(13-17-27)20-29(41-34(45)31-23-48-35(42-31)26-10-8-7-9-11-26)33(44)39-22-32(43)40-30(36(46)47)21-25-14-18-28(19-15-25)50-38(4,5)6/h7-19,23,29-30H,20-22H2,1-6H3,(H,39,44)(H,40,43)(H,41,45)(H,46,47)/t29-,30-/m0/s1. The number of amides is 3. The SMILES string of the molecule is CC(C)(C)Oc1ccc(C[C@H](NC(=O)CNC(=O)[C@H](Cc2ccc(OC(C)(C)C)cc2)NC(=O)c2coc(-c3ccccc3)n2)C(=O)O)cc1. The third-order valence-corrected chi connectivity index (χ3v) is 7.01. The number of hydrogen-bond donors (Lipinski definition) is 4. The van der Waals surface area contributed by atoms with Crippen molar-refractivity contribution in [2.45, 2.75) is 77.7 Å². The molecule has 0 fully saturated rings. The number of carbonyl (C=O) groups excluding carboxylic acids is 3. The maximum absolute atomic E-state index is 13.4. The Morgan fingerprint density at radius 2 is 1.26 bits per heavy atom. The van der Waals surface area contributed by atoms with Gasteiger partial charge in [0.2, 0.25) is 17.7 Å². The van der Waals surface area contributed by atoms with Gasteiger partial charge in [0.1, 0.15) is 41.0 Å². The van der Waals surface area contributed by atoms with Gasteiger partial charge in [-0.05, 0) is 89.1 Å². The Kier molecular flexibility index (Phi) is 12.0. The summed E-state index contributed by atoms with van der Waals surface area (Å²) in [5.74, 6) is -1.74. The van der Waals surface area contributed by atoms with Crippen LogP contribution in [0.15, 0.2) is 89.5 Å². The van der Waals surface area contributed by atoms with Crippen molar-refractivity contribution in [3.05, 3.63) is 102 Å². The summed E-state index contributed by atoms with van der Waals surface area (Å²) >= 11 is 0. The zero-order valence-corrected chi connectivity index (χ0v) is 29.1. The van der Waals surface area contributed by atoms with Crippen molar-refractivity contribution in [2.24, 2.45) is 0 Å². The number of benzene rings is 3. The fourth-order valence-corrected chi connectivity index (χ4v) is 4.83. The minimum atomic E-state index is -1.25. The van der Waals surface area contributed by atoms with Gasteiger partial charge >= 0.3 is 5.97 Å². The second kappa shape index (κ2) is 16.2. The lowest BCUT2D eigenvalue weighted by Gasteiger charge is -2.22. The summed E-state index contributed by atoms with van der Waals surface area (Å²) in [4.78, 5) is 55.8. The molecule has 3 aromatic carbocycles. The van der Waals surface area contributed by atoms with Crippen LogP contribution in [0.4, 0.5) is 0 Å². The minimum absolute atomic E-state index is 0.0150. The number of ether oxygens (including phenoxy) is 2. The minimum Gasteiger partial charge on any atom is -0.488 e. The van der Waals surface area contributed by atoms with E-state index >= 15 is 0 Å². The van der Waals surface area contributed by atoms with Crippen molar-refractivity contribution >= 4 is 23.7 Å².